The number of nitrogens with zero attached hydrogens (tertiary/aromatic N) is 2. The summed E-state index contributed by atoms with van der Waals surface area (Å²) in [6, 6.07) is 1.40. The predicted octanol–water partition coefficient (Wildman–Crippen LogP) is 1.07. The summed E-state index contributed by atoms with van der Waals surface area (Å²) in [4.78, 5) is 16.9. The number of carbonyl (C=O) groups excluding carboxylic acids is 1. The summed E-state index contributed by atoms with van der Waals surface area (Å²) in [5.41, 5.74) is 0. The third-order valence-corrected chi connectivity index (χ3v) is 5.21. The van der Waals surface area contributed by atoms with Crippen LogP contribution in [0.25, 0.3) is 0 Å². The zero-order valence-corrected chi connectivity index (χ0v) is 12.1. The molecule has 3 heterocycles. The van der Waals surface area contributed by atoms with Crippen molar-refractivity contribution in [1.29, 1.82) is 0 Å². The molecular weight excluding hydrogens is 238 g/mol. The van der Waals surface area contributed by atoms with Gasteiger partial charge in [0, 0.05) is 44.7 Å². The van der Waals surface area contributed by atoms with Crippen LogP contribution in [0.5, 0.6) is 0 Å². The molecule has 2 atom stereocenters. The number of hydrogen-bond donors (Lipinski definition) is 1. The minimum Gasteiger partial charge on any atom is -0.340 e. The Morgan fingerprint density at radius 1 is 1.11 bits per heavy atom. The molecule has 0 aromatic rings. The van der Waals surface area contributed by atoms with E-state index in [0.717, 1.165) is 39.1 Å². The first-order chi connectivity index (χ1) is 9.24. The van der Waals surface area contributed by atoms with Crippen LogP contribution in [0, 0.1) is 5.92 Å². The molecule has 0 spiro atoms. The van der Waals surface area contributed by atoms with Gasteiger partial charge in [-0.15, -0.1) is 0 Å². The van der Waals surface area contributed by atoms with Crippen LogP contribution in [0.4, 0.5) is 0 Å². The summed E-state index contributed by atoms with van der Waals surface area (Å²) in [5.74, 6) is 1.04. The number of rotatable bonds is 3. The number of carbonyl (C=O) groups is 1. The van der Waals surface area contributed by atoms with Crippen molar-refractivity contribution in [2.45, 2.75) is 51.1 Å². The Balaban J connectivity index is 1.46. The van der Waals surface area contributed by atoms with Gasteiger partial charge >= 0.3 is 0 Å². The van der Waals surface area contributed by atoms with Gasteiger partial charge in [0.25, 0.3) is 0 Å². The van der Waals surface area contributed by atoms with Gasteiger partial charge in [-0.1, -0.05) is 6.92 Å². The molecule has 2 bridgehead atoms. The van der Waals surface area contributed by atoms with Crippen LogP contribution in [0.3, 0.4) is 0 Å². The van der Waals surface area contributed by atoms with Crippen LogP contribution < -0.4 is 5.32 Å². The molecular formula is C15H27N3O. The van der Waals surface area contributed by atoms with Crippen LogP contribution in [-0.4, -0.2) is 60.5 Å². The van der Waals surface area contributed by atoms with Crippen molar-refractivity contribution in [1.82, 2.24) is 15.1 Å². The van der Waals surface area contributed by atoms with Gasteiger partial charge in [0.05, 0.1) is 0 Å². The fraction of sp³-hybridized carbons (Fsp3) is 0.933. The molecule has 3 fully saturated rings. The van der Waals surface area contributed by atoms with Crippen molar-refractivity contribution < 1.29 is 4.79 Å². The van der Waals surface area contributed by atoms with Crippen molar-refractivity contribution in [3.63, 3.8) is 0 Å². The Morgan fingerprint density at radius 3 is 2.32 bits per heavy atom. The number of likely N-dealkylation sites (N-methyl/N-ethyl adjacent to an activating group) is 1. The average molecular weight is 265 g/mol. The molecule has 1 amide bonds. The highest BCUT2D eigenvalue weighted by molar-refractivity contribution is 5.76. The van der Waals surface area contributed by atoms with E-state index in [0.29, 0.717) is 23.9 Å². The first kappa shape index (κ1) is 13.4. The van der Waals surface area contributed by atoms with E-state index in [1.54, 1.807) is 0 Å². The summed E-state index contributed by atoms with van der Waals surface area (Å²) in [6.45, 7) is 7.29. The molecule has 19 heavy (non-hydrogen) atoms. The van der Waals surface area contributed by atoms with E-state index >= 15 is 0 Å². The maximum atomic E-state index is 12.4. The summed E-state index contributed by atoms with van der Waals surface area (Å²) >= 11 is 0. The number of amides is 1. The zero-order chi connectivity index (χ0) is 13.2. The first-order valence-corrected chi connectivity index (χ1v) is 8.00. The largest absolute Gasteiger partial charge is 0.340 e. The highest BCUT2D eigenvalue weighted by atomic mass is 16.2. The lowest BCUT2D eigenvalue weighted by Crippen LogP contribution is -2.49. The molecule has 3 saturated heterocycles. The van der Waals surface area contributed by atoms with E-state index in [1.807, 2.05) is 0 Å². The summed E-state index contributed by atoms with van der Waals surface area (Å²) in [6.07, 6.45) is 5.88. The van der Waals surface area contributed by atoms with Gasteiger partial charge in [0.2, 0.25) is 5.91 Å². The zero-order valence-electron chi connectivity index (χ0n) is 12.1. The average Bonchev–Trinajstić information content (AvgIpc) is 2.78. The van der Waals surface area contributed by atoms with Gasteiger partial charge in [0.1, 0.15) is 0 Å². The van der Waals surface area contributed by atoms with Crippen molar-refractivity contribution >= 4 is 5.91 Å². The standard InChI is InChI=1S/C15H27N3O/c1-2-17-5-7-18(8-6-17)15(19)11-12-9-13-3-4-14(10-12)16-13/h12-14,16H,2-11H2,1H3. The molecule has 1 N–H and O–H groups in total. The lowest BCUT2D eigenvalue weighted by atomic mass is 9.89. The van der Waals surface area contributed by atoms with E-state index in [9.17, 15) is 4.79 Å². The summed E-state index contributed by atoms with van der Waals surface area (Å²) in [5, 5.41) is 3.65. The van der Waals surface area contributed by atoms with E-state index in [-0.39, 0.29) is 0 Å². The minimum absolute atomic E-state index is 0.405. The maximum Gasteiger partial charge on any atom is 0.222 e. The highest BCUT2D eigenvalue weighted by Gasteiger charge is 2.35. The van der Waals surface area contributed by atoms with Crippen molar-refractivity contribution in [3.8, 4) is 0 Å². The van der Waals surface area contributed by atoms with Gasteiger partial charge in [-0.05, 0) is 38.1 Å². The smallest absolute Gasteiger partial charge is 0.222 e. The Hall–Kier alpha value is -0.610. The molecule has 4 nitrogen and oxygen atoms in total. The lowest BCUT2D eigenvalue weighted by Gasteiger charge is -2.36. The highest BCUT2D eigenvalue weighted by Crippen LogP contribution is 2.33. The summed E-state index contributed by atoms with van der Waals surface area (Å²) in [7, 11) is 0. The molecule has 3 aliphatic heterocycles. The van der Waals surface area contributed by atoms with Crippen LogP contribution in [0.1, 0.15) is 39.0 Å². The second kappa shape index (κ2) is 5.80. The first-order valence-electron chi connectivity index (χ1n) is 8.00. The van der Waals surface area contributed by atoms with Gasteiger partial charge in [-0.3, -0.25) is 4.79 Å². The number of nitrogens with one attached hydrogen (secondary N) is 1. The minimum atomic E-state index is 0.405. The maximum absolute atomic E-state index is 12.4. The second-order valence-electron chi connectivity index (χ2n) is 6.49. The lowest BCUT2D eigenvalue weighted by molar-refractivity contribution is -0.134. The molecule has 108 valence electrons. The van der Waals surface area contributed by atoms with Crippen LogP contribution in [-0.2, 0) is 4.79 Å². The van der Waals surface area contributed by atoms with Crippen LogP contribution in [0.2, 0.25) is 0 Å². The number of fused-ring (bicyclic) bond motifs is 2. The van der Waals surface area contributed by atoms with Crippen LogP contribution >= 0.6 is 0 Å². The van der Waals surface area contributed by atoms with Crippen LogP contribution in [0.15, 0.2) is 0 Å². The molecule has 0 saturated carbocycles. The fourth-order valence-corrected chi connectivity index (χ4v) is 4.03. The molecule has 0 aliphatic carbocycles. The van der Waals surface area contributed by atoms with Gasteiger partial charge in [-0.25, -0.2) is 0 Å². The number of piperidine rings is 1. The van der Waals surface area contributed by atoms with Crippen molar-refractivity contribution in [2.24, 2.45) is 5.92 Å². The normalized spacial score (nSPS) is 35.6. The van der Waals surface area contributed by atoms with Gasteiger partial charge in [-0.2, -0.15) is 0 Å². The van der Waals surface area contributed by atoms with E-state index in [4.69, 9.17) is 0 Å². The van der Waals surface area contributed by atoms with E-state index < -0.39 is 0 Å². The monoisotopic (exact) mass is 265 g/mol. The Morgan fingerprint density at radius 2 is 1.74 bits per heavy atom. The Kier molecular flexibility index (Phi) is 4.08. The molecule has 0 aromatic heterocycles. The molecule has 4 heteroatoms. The number of piperazine rings is 1. The molecule has 2 unspecified atom stereocenters. The third-order valence-electron chi connectivity index (χ3n) is 5.21. The molecule has 0 radical (unpaired) electrons. The quantitative estimate of drug-likeness (QED) is 0.829. The molecule has 0 aromatic carbocycles. The van der Waals surface area contributed by atoms with E-state index in [1.165, 1.54) is 25.7 Å². The summed E-state index contributed by atoms with van der Waals surface area (Å²) < 4.78 is 0. The number of hydrogen-bond acceptors (Lipinski definition) is 3. The molecule has 3 aliphatic rings. The SMILES string of the molecule is CCN1CCN(C(=O)CC2CC3CCC(C2)N3)CC1. The third kappa shape index (κ3) is 3.11. The fourth-order valence-electron chi connectivity index (χ4n) is 4.03. The van der Waals surface area contributed by atoms with Gasteiger partial charge < -0.3 is 15.1 Å². The molecule has 3 rings (SSSR count). The van der Waals surface area contributed by atoms with Gasteiger partial charge in [0.15, 0.2) is 0 Å². The Bertz CT molecular complexity index is 313. The van der Waals surface area contributed by atoms with E-state index in [2.05, 4.69) is 22.0 Å². The van der Waals surface area contributed by atoms with Crippen molar-refractivity contribution in [3.05, 3.63) is 0 Å². The Labute approximate surface area is 116 Å². The predicted molar refractivity (Wildman–Crippen MR) is 76.0 cm³/mol. The topological polar surface area (TPSA) is 35.6 Å². The van der Waals surface area contributed by atoms with Crippen molar-refractivity contribution in [2.75, 3.05) is 32.7 Å². The second-order valence-corrected chi connectivity index (χ2v) is 6.49.